The number of H-pyrrole nitrogens is 2. The minimum Gasteiger partial charge on any atom is -0.377 e. The zero-order valence-electron chi connectivity index (χ0n) is 19.5. The second-order valence-electron chi connectivity index (χ2n) is 8.64. The van der Waals surface area contributed by atoms with Gasteiger partial charge in [-0.25, -0.2) is 9.36 Å². The predicted octanol–water partition coefficient (Wildman–Crippen LogP) is 2.33. The molecular weight excluding hydrogens is 453 g/mol. The lowest BCUT2D eigenvalue weighted by Crippen LogP contribution is -2.39. The molecule has 6 N–H and O–H groups in total. The van der Waals surface area contributed by atoms with Crippen LogP contribution in [-0.2, 0) is 13.8 Å². The van der Waals surface area contributed by atoms with Crippen molar-refractivity contribution in [2.45, 2.75) is 95.9 Å². The van der Waals surface area contributed by atoms with Crippen LogP contribution in [0.3, 0.4) is 0 Å². The van der Waals surface area contributed by atoms with Gasteiger partial charge in [-0.1, -0.05) is 27.7 Å². The van der Waals surface area contributed by atoms with Gasteiger partial charge in [-0.2, -0.15) is 4.98 Å². The highest BCUT2D eigenvalue weighted by atomic mass is 31.2. The summed E-state index contributed by atoms with van der Waals surface area (Å²) >= 11 is 0. The minimum atomic E-state index is -4.36. The molecule has 0 bridgehead atoms. The van der Waals surface area contributed by atoms with Crippen molar-refractivity contribution in [2.75, 3.05) is 5.73 Å². The van der Waals surface area contributed by atoms with E-state index in [2.05, 4.69) is 15.0 Å². The number of nitrogen functional groups attached to an aromatic ring is 1. The van der Waals surface area contributed by atoms with Crippen LogP contribution in [0, 0.1) is 0 Å². The molecular formula is C20H34N5O7P. The summed E-state index contributed by atoms with van der Waals surface area (Å²) in [6.07, 6.45) is 1.32. The number of anilines is 1. The first kappa shape index (κ1) is 25.6. The summed E-state index contributed by atoms with van der Waals surface area (Å²) in [6, 6.07) is 0. The van der Waals surface area contributed by atoms with Crippen LogP contribution in [0.1, 0.15) is 78.9 Å². The van der Waals surface area contributed by atoms with Crippen LogP contribution in [0.5, 0.6) is 0 Å². The van der Waals surface area contributed by atoms with E-state index in [4.69, 9.17) is 15.0 Å². The van der Waals surface area contributed by atoms with Crippen LogP contribution in [0.25, 0.3) is 11.2 Å². The molecule has 2 aromatic rings. The van der Waals surface area contributed by atoms with Gasteiger partial charge in [-0.05, 0) is 38.5 Å². The first-order valence-corrected chi connectivity index (χ1v) is 12.9. The normalized spacial score (nSPS) is 21.5. The van der Waals surface area contributed by atoms with Crippen molar-refractivity contribution in [3.8, 4) is 0 Å². The zero-order chi connectivity index (χ0) is 24.6. The predicted molar refractivity (Wildman–Crippen MR) is 123 cm³/mol. The lowest BCUT2D eigenvalue weighted by atomic mass is 9.90. The number of nitrogens with two attached hydrogens (primary N) is 1. The molecule has 186 valence electrons. The number of hydrogen-bond donors (Lipinski definition) is 5. The van der Waals surface area contributed by atoms with Crippen LogP contribution < -0.4 is 17.0 Å². The SMILES string of the molecule is CCC(CC)(CC1CCC(n2c(=O)[nH]c3c(=O)[nH]c(N)nc32)O1)OP(=O)(O)C(O)(CC)CC. The molecule has 0 spiro atoms. The number of aliphatic hydroxyl groups is 1. The van der Waals surface area contributed by atoms with Crippen LogP contribution in [0.15, 0.2) is 9.59 Å². The van der Waals surface area contributed by atoms with E-state index in [1.54, 1.807) is 13.8 Å². The summed E-state index contributed by atoms with van der Waals surface area (Å²) in [4.78, 5) is 44.2. The van der Waals surface area contributed by atoms with Gasteiger partial charge in [0.05, 0.1) is 11.7 Å². The summed E-state index contributed by atoms with van der Waals surface area (Å²) < 4.78 is 26.3. The highest BCUT2D eigenvalue weighted by molar-refractivity contribution is 7.54. The molecule has 3 unspecified atom stereocenters. The topological polar surface area (TPSA) is 186 Å². The van der Waals surface area contributed by atoms with E-state index in [0.717, 1.165) is 0 Å². The number of hydrogen-bond acceptors (Lipinski definition) is 8. The summed E-state index contributed by atoms with van der Waals surface area (Å²) in [5.41, 5.74) is 3.68. The molecule has 1 aliphatic heterocycles. The summed E-state index contributed by atoms with van der Waals surface area (Å²) in [6.45, 7) is 7.00. The third-order valence-corrected chi connectivity index (χ3v) is 9.15. The number of ether oxygens (including phenoxy) is 1. The van der Waals surface area contributed by atoms with Gasteiger partial charge in [0.2, 0.25) is 5.95 Å². The highest BCUT2D eigenvalue weighted by Crippen LogP contribution is 2.61. The molecule has 1 fully saturated rings. The van der Waals surface area contributed by atoms with Gasteiger partial charge >= 0.3 is 13.3 Å². The van der Waals surface area contributed by atoms with Gasteiger partial charge in [0.25, 0.3) is 5.56 Å². The third kappa shape index (κ3) is 4.67. The lowest BCUT2D eigenvalue weighted by Gasteiger charge is -2.40. The Kier molecular flexibility index (Phi) is 7.26. The fourth-order valence-corrected chi connectivity index (χ4v) is 6.27. The Morgan fingerprint density at radius 3 is 2.39 bits per heavy atom. The summed E-state index contributed by atoms with van der Waals surface area (Å²) in [5, 5.41) is 8.84. The maximum absolute atomic E-state index is 13.1. The Labute approximate surface area is 191 Å². The van der Waals surface area contributed by atoms with Crippen LogP contribution >= 0.6 is 7.60 Å². The van der Waals surface area contributed by atoms with Crippen LogP contribution in [0.2, 0.25) is 0 Å². The Morgan fingerprint density at radius 1 is 1.18 bits per heavy atom. The molecule has 1 aliphatic rings. The number of nitrogens with zero attached hydrogens (tertiary/aromatic N) is 2. The van der Waals surface area contributed by atoms with Crippen molar-refractivity contribution in [3.05, 3.63) is 20.8 Å². The molecule has 0 saturated carbocycles. The first-order chi connectivity index (χ1) is 15.4. The van der Waals surface area contributed by atoms with E-state index in [0.29, 0.717) is 32.1 Å². The van der Waals surface area contributed by atoms with Gasteiger partial charge in [0, 0.05) is 6.42 Å². The quantitative estimate of drug-likeness (QED) is 0.314. The smallest absolute Gasteiger partial charge is 0.359 e. The van der Waals surface area contributed by atoms with Gasteiger partial charge in [0.15, 0.2) is 16.5 Å². The van der Waals surface area contributed by atoms with Crippen molar-refractivity contribution in [3.63, 3.8) is 0 Å². The highest BCUT2D eigenvalue weighted by Gasteiger charge is 2.50. The van der Waals surface area contributed by atoms with E-state index in [1.165, 1.54) is 4.57 Å². The number of fused-ring (bicyclic) bond motifs is 1. The number of nitrogens with one attached hydrogen (secondary N) is 2. The van der Waals surface area contributed by atoms with E-state index in [9.17, 15) is 24.2 Å². The number of rotatable bonds is 10. The van der Waals surface area contributed by atoms with E-state index in [-0.39, 0.29) is 36.1 Å². The molecule has 3 heterocycles. The van der Waals surface area contributed by atoms with E-state index < -0.39 is 36.0 Å². The number of imidazole rings is 1. The summed E-state index contributed by atoms with van der Waals surface area (Å²) in [7, 11) is -4.36. The molecule has 3 rings (SSSR count). The molecule has 0 aliphatic carbocycles. The van der Waals surface area contributed by atoms with Crippen molar-refractivity contribution < 1.29 is 23.8 Å². The lowest BCUT2D eigenvalue weighted by molar-refractivity contribution is -0.0580. The van der Waals surface area contributed by atoms with Crippen molar-refractivity contribution in [1.29, 1.82) is 0 Å². The van der Waals surface area contributed by atoms with Crippen molar-refractivity contribution in [1.82, 2.24) is 19.5 Å². The van der Waals surface area contributed by atoms with Gasteiger partial charge in [-0.3, -0.25) is 23.9 Å². The van der Waals surface area contributed by atoms with Gasteiger partial charge in [-0.15, -0.1) is 0 Å². The number of aromatic nitrogens is 4. The van der Waals surface area contributed by atoms with Gasteiger partial charge in [0.1, 0.15) is 6.23 Å². The van der Waals surface area contributed by atoms with Crippen LogP contribution in [-0.4, -0.2) is 46.6 Å². The molecule has 3 atom stereocenters. The molecule has 0 radical (unpaired) electrons. The second-order valence-corrected chi connectivity index (χ2v) is 10.7. The second kappa shape index (κ2) is 9.34. The average Bonchev–Trinajstić information content (AvgIpc) is 3.35. The molecule has 0 aromatic carbocycles. The van der Waals surface area contributed by atoms with Crippen molar-refractivity contribution in [2.24, 2.45) is 0 Å². The van der Waals surface area contributed by atoms with Crippen LogP contribution in [0.4, 0.5) is 5.95 Å². The largest absolute Gasteiger partial charge is 0.377 e. The third-order valence-electron chi connectivity index (χ3n) is 6.83. The molecule has 33 heavy (non-hydrogen) atoms. The van der Waals surface area contributed by atoms with E-state index >= 15 is 0 Å². The van der Waals surface area contributed by atoms with Gasteiger partial charge < -0.3 is 20.5 Å². The van der Waals surface area contributed by atoms with Crippen molar-refractivity contribution >= 4 is 24.7 Å². The Hall–Kier alpha value is -1.98. The summed E-state index contributed by atoms with van der Waals surface area (Å²) in [5.74, 6) is -0.114. The fourth-order valence-electron chi connectivity index (χ4n) is 4.44. The Balaban J connectivity index is 1.84. The fraction of sp³-hybridized carbons (Fsp3) is 0.750. The molecule has 2 aromatic heterocycles. The molecule has 0 amide bonds. The van der Waals surface area contributed by atoms with E-state index in [1.807, 2.05) is 13.8 Å². The Morgan fingerprint density at radius 2 is 1.82 bits per heavy atom. The molecule has 1 saturated heterocycles. The average molecular weight is 487 g/mol. The Bertz CT molecular complexity index is 1150. The standard InChI is InChI=1S/C20H34N5O7P/c1-5-19(6-2,32-33(29,30)20(28,7-3)8-4)11-12-9-10-13(31-12)25-15-14(22-18(25)27)16(26)24-17(21)23-15/h12-13,28H,5-11H2,1-4H3,(H,22,27)(H,29,30)(H3,21,23,24,26). The number of aromatic amines is 2. The monoisotopic (exact) mass is 487 g/mol. The zero-order valence-corrected chi connectivity index (χ0v) is 20.4. The maximum Gasteiger partial charge on any atom is 0.359 e. The first-order valence-electron chi connectivity index (χ1n) is 11.4. The minimum absolute atomic E-state index is 0.0145. The maximum atomic E-state index is 13.1. The molecule has 12 nitrogen and oxygen atoms in total. The molecule has 13 heteroatoms.